The van der Waals surface area contributed by atoms with Crippen molar-refractivity contribution < 1.29 is 18.0 Å². The molecular weight excluding hydrogens is 483 g/mol. The van der Waals surface area contributed by atoms with Crippen LogP contribution in [0.5, 0.6) is 0 Å². The number of halogens is 3. The second kappa shape index (κ2) is 9.88. The molecule has 0 spiro atoms. The van der Waals surface area contributed by atoms with Crippen LogP contribution in [0.25, 0.3) is 0 Å². The molecule has 6 nitrogen and oxygen atoms in total. The molecule has 31 heavy (non-hydrogen) atoms. The Balaban J connectivity index is 0.00000341. The minimum Gasteiger partial charge on any atom is -0.319 e. The lowest BCUT2D eigenvalue weighted by molar-refractivity contribution is -0.119. The van der Waals surface area contributed by atoms with Crippen molar-refractivity contribution in [2.24, 2.45) is 11.7 Å². The van der Waals surface area contributed by atoms with Gasteiger partial charge in [-0.05, 0) is 41.8 Å². The van der Waals surface area contributed by atoms with Crippen molar-refractivity contribution in [3.8, 4) is 0 Å². The molecule has 1 atom stereocenters. The van der Waals surface area contributed by atoms with Crippen LogP contribution in [0.15, 0.2) is 41.3 Å². The number of anilines is 1. The van der Waals surface area contributed by atoms with Gasteiger partial charge in [-0.2, -0.15) is 0 Å². The van der Waals surface area contributed by atoms with E-state index in [4.69, 9.17) is 28.9 Å². The Morgan fingerprint density at radius 3 is 2.45 bits per heavy atom. The molecular formula is C21H23Cl3N2O4S. The second-order valence-corrected chi connectivity index (χ2v) is 10.6. The van der Waals surface area contributed by atoms with Gasteiger partial charge in [0.05, 0.1) is 39.0 Å². The molecule has 3 rings (SSSR count). The molecule has 1 aliphatic rings. The summed E-state index contributed by atoms with van der Waals surface area (Å²) in [5.74, 6) is -1.03. The second-order valence-electron chi connectivity index (χ2n) is 7.76. The number of hydrogen-bond donors (Lipinski definition) is 1. The van der Waals surface area contributed by atoms with Crippen LogP contribution >= 0.6 is 35.6 Å². The quantitative estimate of drug-likeness (QED) is 0.611. The molecule has 0 unspecified atom stereocenters. The summed E-state index contributed by atoms with van der Waals surface area (Å²) in [6.07, 6.45) is 0.311. The summed E-state index contributed by atoms with van der Waals surface area (Å²) >= 11 is 12.1. The Morgan fingerprint density at radius 1 is 1.16 bits per heavy atom. The number of ketones is 1. The fraction of sp³-hybridized carbons (Fsp3) is 0.333. The van der Waals surface area contributed by atoms with Crippen LogP contribution in [0.2, 0.25) is 10.0 Å². The third kappa shape index (κ3) is 5.59. The van der Waals surface area contributed by atoms with E-state index in [9.17, 15) is 18.0 Å². The highest BCUT2D eigenvalue weighted by molar-refractivity contribution is 7.91. The first-order valence-corrected chi connectivity index (χ1v) is 11.8. The number of sulfone groups is 1. The Bertz CT molecular complexity index is 1120. The maximum Gasteiger partial charge on any atom is 0.245 e. The summed E-state index contributed by atoms with van der Waals surface area (Å²) < 4.78 is 25.6. The summed E-state index contributed by atoms with van der Waals surface area (Å²) in [6, 6.07) is 8.01. The topological polar surface area (TPSA) is 97.5 Å². The molecule has 2 N–H and O–H groups in total. The van der Waals surface area contributed by atoms with E-state index < -0.39 is 27.5 Å². The zero-order valence-electron chi connectivity index (χ0n) is 17.0. The van der Waals surface area contributed by atoms with Crippen LogP contribution in [0.3, 0.4) is 0 Å². The lowest BCUT2D eigenvalue weighted by Gasteiger charge is -2.25. The SMILES string of the molecule is CC(C)CC(=O)c1ccc2c(c1)N(Cc1ccc(Cl)c(Cl)c1)C(=O)[C@@H](N)CS2(=O)=O.Cl. The van der Waals surface area contributed by atoms with Crippen molar-refractivity contribution in [2.45, 2.75) is 37.8 Å². The number of nitrogens with zero attached hydrogens (tertiary/aromatic N) is 1. The first-order chi connectivity index (χ1) is 14.0. The maximum atomic E-state index is 13.0. The molecule has 0 aliphatic carbocycles. The summed E-state index contributed by atoms with van der Waals surface area (Å²) in [7, 11) is -3.81. The predicted molar refractivity (Wildman–Crippen MR) is 125 cm³/mol. The molecule has 1 amide bonds. The van der Waals surface area contributed by atoms with Crippen LogP contribution in [0.1, 0.15) is 36.2 Å². The Morgan fingerprint density at radius 2 is 1.84 bits per heavy atom. The fourth-order valence-corrected chi connectivity index (χ4v) is 5.23. The predicted octanol–water partition coefficient (Wildman–Crippen LogP) is 4.29. The van der Waals surface area contributed by atoms with E-state index in [1.165, 1.54) is 23.1 Å². The number of rotatable bonds is 5. The number of Topliss-reactive ketones (excluding diaryl/α,β-unsaturated/α-hetero) is 1. The third-order valence-corrected chi connectivity index (χ3v) is 7.36. The Hall–Kier alpha value is -1.64. The van der Waals surface area contributed by atoms with Gasteiger partial charge in [0.2, 0.25) is 5.91 Å². The molecule has 0 fully saturated rings. The van der Waals surface area contributed by atoms with Gasteiger partial charge >= 0.3 is 0 Å². The largest absolute Gasteiger partial charge is 0.319 e. The van der Waals surface area contributed by atoms with Crippen molar-refractivity contribution in [2.75, 3.05) is 10.7 Å². The standard InChI is InChI=1S/C21H22Cl2N2O4S.ClH/c1-12(2)7-19(26)14-4-6-20-18(9-14)25(21(27)17(24)11-30(20,28)29)10-13-3-5-15(22)16(23)8-13;/h3-6,8-9,12,17H,7,10-11,24H2,1-2H3;1H/t17-;/m0./s1. The van der Waals surface area contributed by atoms with E-state index in [2.05, 4.69) is 0 Å². The zero-order valence-corrected chi connectivity index (χ0v) is 20.1. The van der Waals surface area contributed by atoms with Crippen molar-refractivity contribution in [3.63, 3.8) is 0 Å². The van der Waals surface area contributed by atoms with Crippen molar-refractivity contribution in [1.29, 1.82) is 0 Å². The van der Waals surface area contributed by atoms with Crippen LogP contribution in [-0.4, -0.2) is 31.9 Å². The molecule has 1 heterocycles. The van der Waals surface area contributed by atoms with Crippen molar-refractivity contribution in [1.82, 2.24) is 0 Å². The van der Waals surface area contributed by atoms with Crippen LogP contribution < -0.4 is 10.6 Å². The van der Waals surface area contributed by atoms with Crippen molar-refractivity contribution >= 4 is 62.8 Å². The summed E-state index contributed by atoms with van der Waals surface area (Å²) in [5, 5.41) is 0.679. The van der Waals surface area contributed by atoms with Crippen molar-refractivity contribution in [3.05, 3.63) is 57.6 Å². The monoisotopic (exact) mass is 504 g/mol. The summed E-state index contributed by atoms with van der Waals surface area (Å²) in [6.45, 7) is 3.88. The molecule has 2 aromatic rings. The Labute approximate surface area is 198 Å². The first kappa shape index (κ1) is 25.6. The number of carbonyl (C=O) groups excluding carboxylic acids is 2. The number of amides is 1. The zero-order chi connectivity index (χ0) is 22.2. The average molecular weight is 506 g/mol. The van der Waals surface area contributed by atoms with Gasteiger partial charge in [-0.15, -0.1) is 12.4 Å². The average Bonchev–Trinajstić information content (AvgIpc) is 2.72. The molecule has 168 valence electrons. The molecule has 0 bridgehead atoms. The highest BCUT2D eigenvalue weighted by Crippen LogP contribution is 2.33. The molecule has 2 aromatic carbocycles. The lowest BCUT2D eigenvalue weighted by atomic mass is 10.0. The van der Waals surface area contributed by atoms with Gasteiger partial charge in [-0.25, -0.2) is 8.42 Å². The fourth-order valence-electron chi connectivity index (χ4n) is 3.35. The molecule has 0 radical (unpaired) electrons. The number of benzene rings is 2. The minimum absolute atomic E-state index is 0. The van der Waals surface area contributed by atoms with E-state index in [0.717, 1.165) is 0 Å². The van der Waals surface area contributed by atoms with Gasteiger partial charge in [0, 0.05) is 12.0 Å². The van der Waals surface area contributed by atoms with E-state index in [0.29, 0.717) is 27.6 Å². The summed E-state index contributed by atoms with van der Waals surface area (Å²) in [5.41, 5.74) is 7.05. The van der Waals surface area contributed by atoms with Crippen LogP contribution in [0, 0.1) is 5.92 Å². The smallest absolute Gasteiger partial charge is 0.245 e. The van der Waals surface area contributed by atoms with Crippen LogP contribution in [0.4, 0.5) is 5.69 Å². The Kier molecular flexibility index (Phi) is 8.16. The van der Waals surface area contributed by atoms with E-state index in [-0.39, 0.29) is 41.2 Å². The molecule has 1 aliphatic heterocycles. The minimum atomic E-state index is -3.81. The third-order valence-electron chi connectivity index (χ3n) is 4.81. The number of fused-ring (bicyclic) bond motifs is 1. The van der Waals surface area contributed by atoms with Gasteiger partial charge in [0.1, 0.15) is 0 Å². The summed E-state index contributed by atoms with van der Waals surface area (Å²) in [4.78, 5) is 26.9. The van der Waals surface area contributed by atoms with E-state index >= 15 is 0 Å². The van der Waals surface area contributed by atoms with Gasteiger partial charge in [0.15, 0.2) is 15.6 Å². The molecule has 0 saturated carbocycles. The maximum absolute atomic E-state index is 13.0. The first-order valence-electron chi connectivity index (χ1n) is 9.40. The highest BCUT2D eigenvalue weighted by Gasteiger charge is 2.36. The molecule has 10 heteroatoms. The van der Waals surface area contributed by atoms with E-state index in [1.54, 1.807) is 18.2 Å². The van der Waals surface area contributed by atoms with Gasteiger partial charge in [-0.1, -0.05) is 43.1 Å². The highest BCUT2D eigenvalue weighted by atomic mass is 35.5. The van der Waals surface area contributed by atoms with Crippen LogP contribution in [-0.2, 0) is 21.2 Å². The normalized spacial score (nSPS) is 17.7. The number of nitrogens with two attached hydrogens (primary N) is 1. The molecule has 0 aromatic heterocycles. The lowest BCUT2D eigenvalue weighted by Crippen LogP contribution is -2.45. The molecule has 0 saturated heterocycles. The van der Waals surface area contributed by atoms with Gasteiger partial charge < -0.3 is 10.6 Å². The van der Waals surface area contributed by atoms with E-state index in [1.807, 2.05) is 13.8 Å². The van der Waals surface area contributed by atoms with Gasteiger partial charge in [-0.3, -0.25) is 9.59 Å². The number of hydrogen-bond acceptors (Lipinski definition) is 5. The number of carbonyl (C=O) groups is 2. The van der Waals surface area contributed by atoms with Gasteiger partial charge in [0.25, 0.3) is 0 Å².